The lowest BCUT2D eigenvalue weighted by molar-refractivity contribution is -0.127. The Balaban J connectivity index is 2.52. The third kappa shape index (κ3) is 2.23. The quantitative estimate of drug-likeness (QED) is 0.726. The molecule has 1 heterocycles. The number of hydrogen-bond acceptors (Lipinski definition) is 2. The van der Waals surface area contributed by atoms with Gasteiger partial charge in [-0.3, -0.25) is 0 Å². The number of aromatic nitrogens is 2. The molecule has 0 saturated carbocycles. The summed E-state index contributed by atoms with van der Waals surface area (Å²) in [4.78, 5) is 0. The van der Waals surface area contributed by atoms with Gasteiger partial charge in [0.1, 0.15) is 0 Å². The Morgan fingerprint density at radius 2 is 1.93 bits per heavy atom. The van der Waals surface area contributed by atoms with E-state index >= 15 is 0 Å². The van der Waals surface area contributed by atoms with Gasteiger partial charge in [0.05, 0.1) is 18.1 Å². The molecular weight excluding hydrogens is 205 g/mol. The van der Waals surface area contributed by atoms with Gasteiger partial charge in [-0.25, -0.2) is 0 Å². The first-order valence-electron chi connectivity index (χ1n) is 4.32. The van der Waals surface area contributed by atoms with E-state index in [-0.39, 0.29) is 5.56 Å². The highest BCUT2D eigenvalue weighted by molar-refractivity contribution is 5.80. The van der Waals surface area contributed by atoms with Crippen LogP contribution in [0.2, 0.25) is 0 Å². The van der Waals surface area contributed by atoms with Gasteiger partial charge in [0.2, 0.25) is 0 Å². The van der Waals surface area contributed by atoms with Gasteiger partial charge in [0.15, 0.2) is 0 Å². The monoisotopic (exact) mass is 212 g/mol. The maximum absolute atomic E-state index is 12.2. The van der Waals surface area contributed by atoms with Crippen molar-refractivity contribution in [2.75, 3.05) is 0 Å². The van der Waals surface area contributed by atoms with E-state index in [1.54, 1.807) is 18.2 Å². The fraction of sp³-hybridized carbons (Fsp3) is 0.200. The van der Waals surface area contributed by atoms with Crippen LogP contribution in [-0.4, -0.2) is 16.4 Å². The number of hydrogen-bond donors (Lipinski definition) is 0. The van der Waals surface area contributed by atoms with Gasteiger partial charge in [0, 0.05) is 5.39 Å². The van der Waals surface area contributed by atoms with E-state index in [2.05, 4.69) is 10.2 Å². The molecule has 0 unspecified atom stereocenters. The molecule has 0 aliphatic heterocycles. The van der Waals surface area contributed by atoms with Crippen LogP contribution in [0.15, 0.2) is 30.5 Å². The Kier molecular flexibility index (Phi) is 2.30. The molecule has 78 valence electrons. The summed E-state index contributed by atoms with van der Waals surface area (Å²) in [6.45, 7) is 0. The highest BCUT2D eigenvalue weighted by Gasteiger charge is 2.28. The van der Waals surface area contributed by atoms with Gasteiger partial charge < -0.3 is 0 Å². The molecule has 2 nitrogen and oxygen atoms in total. The van der Waals surface area contributed by atoms with Crippen molar-refractivity contribution < 1.29 is 13.2 Å². The first-order chi connectivity index (χ1) is 7.06. The molecule has 0 atom stereocenters. The zero-order valence-electron chi connectivity index (χ0n) is 7.62. The first kappa shape index (κ1) is 9.89. The van der Waals surface area contributed by atoms with Crippen LogP contribution in [0.1, 0.15) is 5.56 Å². The lowest BCUT2D eigenvalue weighted by Crippen LogP contribution is -2.12. The molecule has 0 spiro atoms. The second-order valence-electron chi connectivity index (χ2n) is 3.18. The molecule has 0 saturated heterocycles. The molecule has 0 fully saturated rings. The Morgan fingerprint density at radius 3 is 2.67 bits per heavy atom. The number of rotatable bonds is 1. The van der Waals surface area contributed by atoms with Crippen molar-refractivity contribution in [3.8, 4) is 0 Å². The number of nitrogens with zero attached hydrogens (tertiary/aromatic N) is 2. The highest BCUT2D eigenvalue weighted by atomic mass is 19.4. The van der Waals surface area contributed by atoms with Crippen molar-refractivity contribution in [3.63, 3.8) is 0 Å². The van der Waals surface area contributed by atoms with E-state index in [0.29, 0.717) is 10.9 Å². The minimum Gasteiger partial charge on any atom is -0.171 e. The lowest BCUT2D eigenvalue weighted by atomic mass is 10.1. The Morgan fingerprint density at radius 1 is 1.13 bits per heavy atom. The second kappa shape index (κ2) is 3.49. The summed E-state index contributed by atoms with van der Waals surface area (Å²) < 4.78 is 36.7. The van der Waals surface area contributed by atoms with Gasteiger partial charge >= 0.3 is 6.18 Å². The van der Waals surface area contributed by atoms with Crippen LogP contribution >= 0.6 is 0 Å². The molecular formula is C10H7F3N2. The second-order valence-corrected chi connectivity index (χ2v) is 3.18. The number of benzene rings is 1. The van der Waals surface area contributed by atoms with Crippen LogP contribution in [0.4, 0.5) is 13.2 Å². The zero-order valence-corrected chi connectivity index (χ0v) is 7.62. The predicted molar refractivity (Wildman–Crippen MR) is 49.3 cm³/mol. The van der Waals surface area contributed by atoms with Gasteiger partial charge in [-0.1, -0.05) is 18.2 Å². The molecule has 2 rings (SSSR count). The Hall–Kier alpha value is -1.65. The zero-order chi connectivity index (χ0) is 10.9. The average Bonchev–Trinajstić information content (AvgIpc) is 2.16. The summed E-state index contributed by atoms with van der Waals surface area (Å²) in [5, 5.41) is 7.97. The molecule has 1 aromatic carbocycles. The average molecular weight is 212 g/mol. The largest absolute Gasteiger partial charge is 0.393 e. The summed E-state index contributed by atoms with van der Waals surface area (Å²) >= 11 is 0. The Labute approximate surface area is 83.7 Å². The first-order valence-corrected chi connectivity index (χ1v) is 4.32. The summed E-state index contributed by atoms with van der Waals surface area (Å²) in [5.41, 5.74) is 0.477. The summed E-state index contributed by atoms with van der Waals surface area (Å²) in [6.07, 6.45) is -3.73. The molecule has 0 N–H and O–H groups in total. The van der Waals surface area contributed by atoms with Crippen molar-refractivity contribution in [3.05, 3.63) is 36.0 Å². The fourth-order valence-corrected chi connectivity index (χ4v) is 1.43. The van der Waals surface area contributed by atoms with Crippen LogP contribution in [0.25, 0.3) is 10.9 Å². The van der Waals surface area contributed by atoms with E-state index in [1.807, 2.05) is 0 Å². The molecule has 2 aromatic rings. The SMILES string of the molecule is FC(F)(F)Cc1cccc2ccnnc12. The van der Waals surface area contributed by atoms with Crippen LogP contribution in [0.3, 0.4) is 0 Å². The van der Waals surface area contributed by atoms with Gasteiger partial charge in [-0.05, 0) is 11.6 Å². The van der Waals surface area contributed by atoms with Crippen LogP contribution in [0, 0.1) is 0 Å². The summed E-state index contributed by atoms with van der Waals surface area (Å²) in [5.74, 6) is 0. The molecule has 0 aliphatic carbocycles. The molecule has 0 aliphatic rings. The molecule has 15 heavy (non-hydrogen) atoms. The third-order valence-electron chi connectivity index (χ3n) is 2.02. The minimum atomic E-state index is -4.22. The van der Waals surface area contributed by atoms with Gasteiger partial charge in [-0.2, -0.15) is 23.4 Å². The number of fused-ring (bicyclic) bond motifs is 1. The van der Waals surface area contributed by atoms with Gasteiger partial charge in [-0.15, -0.1) is 0 Å². The van der Waals surface area contributed by atoms with Crippen molar-refractivity contribution in [2.24, 2.45) is 0 Å². The standard InChI is InChI=1S/C10H7F3N2/c11-10(12,13)6-8-3-1-2-7-4-5-14-15-9(7)8/h1-5H,6H2. The van der Waals surface area contributed by atoms with Crippen molar-refractivity contribution >= 4 is 10.9 Å². The predicted octanol–water partition coefficient (Wildman–Crippen LogP) is 2.73. The summed E-state index contributed by atoms with van der Waals surface area (Å²) in [7, 11) is 0. The third-order valence-corrected chi connectivity index (χ3v) is 2.02. The van der Waals surface area contributed by atoms with Crippen molar-refractivity contribution in [1.82, 2.24) is 10.2 Å². The van der Waals surface area contributed by atoms with E-state index < -0.39 is 12.6 Å². The molecule has 0 bridgehead atoms. The number of halogens is 3. The maximum atomic E-state index is 12.2. The van der Waals surface area contributed by atoms with E-state index in [4.69, 9.17) is 0 Å². The van der Waals surface area contributed by atoms with Crippen molar-refractivity contribution in [1.29, 1.82) is 0 Å². The van der Waals surface area contributed by atoms with E-state index in [9.17, 15) is 13.2 Å². The summed E-state index contributed by atoms with van der Waals surface area (Å²) in [6, 6.07) is 6.36. The fourth-order valence-electron chi connectivity index (χ4n) is 1.43. The van der Waals surface area contributed by atoms with Crippen molar-refractivity contribution in [2.45, 2.75) is 12.6 Å². The normalized spacial score (nSPS) is 11.9. The minimum absolute atomic E-state index is 0.160. The van der Waals surface area contributed by atoms with Crippen LogP contribution < -0.4 is 0 Å². The molecule has 0 radical (unpaired) electrons. The van der Waals surface area contributed by atoms with E-state index in [0.717, 1.165) is 0 Å². The van der Waals surface area contributed by atoms with Crippen LogP contribution in [0.5, 0.6) is 0 Å². The number of alkyl halides is 3. The Bertz CT molecular complexity index is 474. The molecule has 1 aromatic heterocycles. The molecule has 5 heteroatoms. The smallest absolute Gasteiger partial charge is 0.171 e. The van der Waals surface area contributed by atoms with Crippen LogP contribution in [-0.2, 0) is 6.42 Å². The highest BCUT2D eigenvalue weighted by Crippen LogP contribution is 2.25. The van der Waals surface area contributed by atoms with Gasteiger partial charge in [0.25, 0.3) is 0 Å². The maximum Gasteiger partial charge on any atom is 0.393 e. The topological polar surface area (TPSA) is 25.8 Å². The lowest BCUT2D eigenvalue weighted by Gasteiger charge is -2.07. The van der Waals surface area contributed by atoms with E-state index in [1.165, 1.54) is 12.3 Å². The molecule has 0 amide bonds.